The lowest BCUT2D eigenvalue weighted by atomic mass is 10.1. The van der Waals surface area contributed by atoms with Crippen molar-refractivity contribution in [2.45, 2.75) is 6.92 Å². The minimum atomic E-state index is 0.643. The van der Waals surface area contributed by atoms with E-state index in [2.05, 4.69) is 4.99 Å². The SMILES string of the molecule is Cc1cccc2c1cc(N=C=O)n2C. The Bertz CT molecular complexity index is 533. The van der Waals surface area contributed by atoms with Crippen molar-refractivity contribution in [3.05, 3.63) is 29.8 Å². The van der Waals surface area contributed by atoms with Crippen molar-refractivity contribution in [3.8, 4) is 0 Å². The number of hydrogen-bond acceptors (Lipinski definition) is 2. The van der Waals surface area contributed by atoms with E-state index in [1.807, 2.05) is 42.8 Å². The van der Waals surface area contributed by atoms with Crippen LogP contribution in [0.4, 0.5) is 5.82 Å². The zero-order chi connectivity index (χ0) is 10.1. The Morgan fingerprint density at radius 3 is 2.86 bits per heavy atom. The zero-order valence-corrected chi connectivity index (χ0v) is 8.11. The van der Waals surface area contributed by atoms with Crippen LogP contribution in [0.3, 0.4) is 0 Å². The van der Waals surface area contributed by atoms with E-state index < -0.39 is 0 Å². The summed E-state index contributed by atoms with van der Waals surface area (Å²) < 4.78 is 1.88. The van der Waals surface area contributed by atoms with Crippen molar-refractivity contribution in [1.82, 2.24) is 4.57 Å². The van der Waals surface area contributed by atoms with Gasteiger partial charge in [-0.05, 0) is 24.6 Å². The average Bonchev–Trinajstić information content (AvgIpc) is 2.48. The van der Waals surface area contributed by atoms with Gasteiger partial charge in [-0.15, -0.1) is 4.99 Å². The summed E-state index contributed by atoms with van der Waals surface area (Å²) in [6, 6.07) is 7.94. The molecule has 0 N–H and O–H groups in total. The Balaban J connectivity index is 2.85. The van der Waals surface area contributed by atoms with E-state index in [4.69, 9.17) is 0 Å². The van der Waals surface area contributed by atoms with E-state index in [0.29, 0.717) is 5.82 Å². The van der Waals surface area contributed by atoms with Gasteiger partial charge in [0.15, 0.2) is 0 Å². The summed E-state index contributed by atoms with van der Waals surface area (Å²) in [6.45, 7) is 2.04. The van der Waals surface area contributed by atoms with Crippen LogP contribution in [0.1, 0.15) is 5.56 Å². The fourth-order valence-electron chi connectivity index (χ4n) is 1.65. The lowest BCUT2D eigenvalue weighted by Crippen LogP contribution is -1.85. The molecule has 70 valence electrons. The number of aryl methyl sites for hydroxylation is 2. The largest absolute Gasteiger partial charge is 0.328 e. The number of isocyanates is 1. The summed E-state index contributed by atoms with van der Waals surface area (Å²) in [4.78, 5) is 13.8. The molecular formula is C11H10N2O. The molecule has 1 heterocycles. The maximum absolute atomic E-state index is 10.2. The van der Waals surface area contributed by atoms with Crippen LogP contribution in [-0.2, 0) is 11.8 Å². The van der Waals surface area contributed by atoms with Gasteiger partial charge in [-0.3, -0.25) is 0 Å². The summed E-state index contributed by atoms with van der Waals surface area (Å²) in [6.07, 6.45) is 1.56. The Kier molecular flexibility index (Phi) is 1.95. The van der Waals surface area contributed by atoms with E-state index in [1.165, 1.54) is 5.56 Å². The third-order valence-electron chi connectivity index (χ3n) is 2.44. The third kappa shape index (κ3) is 1.15. The molecule has 3 heteroatoms. The van der Waals surface area contributed by atoms with E-state index in [-0.39, 0.29) is 0 Å². The fraction of sp³-hybridized carbons (Fsp3) is 0.182. The van der Waals surface area contributed by atoms with Crippen LogP contribution >= 0.6 is 0 Å². The molecule has 0 atom stereocenters. The summed E-state index contributed by atoms with van der Waals surface area (Å²) in [7, 11) is 1.89. The number of aromatic nitrogens is 1. The topological polar surface area (TPSA) is 34.4 Å². The first kappa shape index (κ1) is 8.73. The number of carbonyl (C=O) groups excluding carboxylic acids is 1. The Morgan fingerprint density at radius 2 is 2.21 bits per heavy atom. The number of fused-ring (bicyclic) bond motifs is 1. The summed E-state index contributed by atoms with van der Waals surface area (Å²) in [5, 5.41) is 1.13. The second-order valence-electron chi connectivity index (χ2n) is 3.27. The first-order chi connectivity index (χ1) is 6.74. The summed E-state index contributed by atoms with van der Waals surface area (Å²) >= 11 is 0. The first-order valence-electron chi connectivity index (χ1n) is 4.37. The molecule has 14 heavy (non-hydrogen) atoms. The van der Waals surface area contributed by atoms with E-state index in [9.17, 15) is 4.79 Å². The smallest absolute Gasteiger partial charge is 0.242 e. The molecule has 0 radical (unpaired) electrons. The maximum atomic E-state index is 10.2. The van der Waals surface area contributed by atoms with Crippen LogP contribution in [0.5, 0.6) is 0 Å². The number of aliphatic imine (C=N–C) groups is 1. The average molecular weight is 186 g/mol. The van der Waals surface area contributed by atoms with Gasteiger partial charge in [-0.25, -0.2) is 4.79 Å². The summed E-state index contributed by atoms with van der Waals surface area (Å²) in [5.41, 5.74) is 2.27. The second kappa shape index (κ2) is 3.13. The van der Waals surface area contributed by atoms with Gasteiger partial charge in [0.1, 0.15) is 5.82 Å². The van der Waals surface area contributed by atoms with Crippen LogP contribution in [0.15, 0.2) is 29.3 Å². The van der Waals surface area contributed by atoms with Crippen LogP contribution in [-0.4, -0.2) is 10.6 Å². The highest BCUT2D eigenvalue weighted by Gasteiger charge is 2.05. The van der Waals surface area contributed by atoms with Gasteiger partial charge in [0.05, 0.1) is 0 Å². The van der Waals surface area contributed by atoms with E-state index in [0.717, 1.165) is 10.9 Å². The van der Waals surface area contributed by atoms with Crippen molar-refractivity contribution in [2.24, 2.45) is 12.0 Å². The molecule has 0 saturated heterocycles. The standard InChI is InChI=1S/C11H10N2O/c1-8-4-3-5-10-9(8)6-11(12-7-14)13(10)2/h3-6H,1-2H3. The van der Waals surface area contributed by atoms with Crippen molar-refractivity contribution in [2.75, 3.05) is 0 Å². The molecular weight excluding hydrogens is 176 g/mol. The normalized spacial score (nSPS) is 10.1. The number of hydrogen-bond donors (Lipinski definition) is 0. The molecule has 0 aliphatic heterocycles. The Morgan fingerprint density at radius 1 is 1.43 bits per heavy atom. The van der Waals surface area contributed by atoms with E-state index in [1.54, 1.807) is 6.08 Å². The van der Waals surface area contributed by atoms with Crippen LogP contribution in [0.2, 0.25) is 0 Å². The predicted molar refractivity (Wildman–Crippen MR) is 55.4 cm³/mol. The van der Waals surface area contributed by atoms with Gasteiger partial charge in [-0.1, -0.05) is 12.1 Å². The monoisotopic (exact) mass is 186 g/mol. The molecule has 0 aliphatic carbocycles. The molecule has 0 amide bonds. The number of nitrogens with zero attached hydrogens (tertiary/aromatic N) is 2. The quantitative estimate of drug-likeness (QED) is 0.497. The van der Waals surface area contributed by atoms with Crippen molar-refractivity contribution < 1.29 is 4.79 Å². The van der Waals surface area contributed by atoms with Gasteiger partial charge in [0, 0.05) is 18.0 Å². The van der Waals surface area contributed by atoms with Crippen LogP contribution in [0, 0.1) is 6.92 Å². The van der Waals surface area contributed by atoms with Gasteiger partial charge in [-0.2, -0.15) is 0 Å². The van der Waals surface area contributed by atoms with Gasteiger partial charge in [0.2, 0.25) is 6.08 Å². The molecule has 0 aliphatic rings. The van der Waals surface area contributed by atoms with Gasteiger partial charge >= 0.3 is 0 Å². The minimum absolute atomic E-state index is 0.643. The van der Waals surface area contributed by atoms with Crippen LogP contribution in [0.25, 0.3) is 10.9 Å². The molecule has 1 aromatic carbocycles. The highest BCUT2D eigenvalue weighted by Crippen LogP contribution is 2.26. The van der Waals surface area contributed by atoms with E-state index >= 15 is 0 Å². The Hall–Kier alpha value is -1.86. The minimum Gasteiger partial charge on any atom is -0.328 e. The van der Waals surface area contributed by atoms with Crippen molar-refractivity contribution >= 4 is 22.8 Å². The summed E-state index contributed by atoms with van der Waals surface area (Å²) in [5.74, 6) is 0.643. The van der Waals surface area contributed by atoms with Crippen molar-refractivity contribution in [1.29, 1.82) is 0 Å². The molecule has 3 nitrogen and oxygen atoms in total. The molecule has 0 fully saturated rings. The predicted octanol–water partition coefficient (Wildman–Crippen LogP) is 2.45. The fourth-order valence-corrected chi connectivity index (χ4v) is 1.65. The van der Waals surface area contributed by atoms with Crippen LogP contribution < -0.4 is 0 Å². The van der Waals surface area contributed by atoms with Gasteiger partial charge in [0.25, 0.3) is 0 Å². The molecule has 2 rings (SSSR count). The lowest BCUT2D eigenvalue weighted by Gasteiger charge is -1.98. The molecule has 0 unspecified atom stereocenters. The molecule has 0 spiro atoms. The second-order valence-corrected chi connectivity index (χ2v) is 3.27. The van der Waals surface area contributed by atoms with Gasteiger partial charge < -0.3 is 4.57 Å². The first-order valence-corrected chi connectivity index (χ1v) is 4.37. The highest BCUT2D eigenvalue weighted by atomic mass is 16.1. The molecule has 0 saturated carbocycles. The molecule has 2 aromatic rings. The maximum Gasteiger partial charge on any atom is 0.242 e. The zero-order valence-electron chi connectivity index (χ0n) is 8.11. The number of benzene rings is 1. The molecule has 0 bridgehead atoms. The highest BCUT2D eigenvalue weighted by molar-refractivity contribution is 5.87. The number of rotatable bonds is 1. The van der Waals surface area contributed by atoms with Crippen molar-refractivity contribution in [3.63, 3.8) is 0 Å². The lowest BCUT2D eigenvalue weighted by molar-refractivity contribution is 0.565. The third-order valence-corrected chi connectivity index (χ3v) is 2.44. The molecule has 1 aromatic heterocycles. The Labute approximate surface area is 81.7 Å².